The summed E-state index contributed by atoms with van der Waals surface area (Å²) in [7, 11) is -4.27. The molecule has 0 aliphatic carbocycles. The number of carbonyl (C=O) groups is 1. The third-order valence-corrected chi connectivity index (χ3v) is 8.23. The summed E-state index contributed by atoms with van der Waals surface area (Å²) < 4.78 is 55.2. The minimum absolute atomic E-state index is 0.0806. The van der Waals surface area contributed by atoms with Crippen LogP contribution in [0.2, 0.25) is 5.02 Å². The Morgan fingerprint density at radius 3 is 2.80 bits per heavy atom. The van der Waals surface area contributed by atoms with Crippen LogP contribution in [0.1, 0.15) is 36.0 Å². The number of hydrogen-bond donors (Lipinski definition) is 2. The zero-order valence-electron chi connectivity index (χ0n) is 21.6. The third kappa shape index (κ3) is 6.72. The molecular formula is C28H28ClFN2O7S. The number of anilines is 1. The van der Waals surface area contributed by atoms with Crippen molar-refractivity contribution in [3.8, 4) is 11.6 Å². The topological polar surface area (TPSA) is 126 Å². The number of fused-ring (bicyclic) bond motifs is 1. The molecule has 212 valence electrons. The van der Waals surface area contributed by atoms with E-state index in [2.05, 4.69) is 4.98 Å². The van der Waals surface area contributed by atoms with Crippen molar-refractivity contribution in [2.45, 2.75) is 37.2 Å². The number of aliphatic carboxylic acids is 1. The summed E-state index contributed by atoms with van der Waals surface area (Å²) in [6.45, 7) is 1.13. The van der Waals surface area contributed by atoms with Crippen LogP contribution in [0, 0.1) is 12.7 Å². The predicted octanol–water partition coefficient (Wildman–Crippen LogP) is 4.94. The number of carboxylic acid groups (broad SMARTS) is 1. The third-order valence-electron chi connectivity index (χ3n) is 6.13. The van der Waals surface area contributed by atoms with Crippen molar-refractivity contribution < 1.29 is 37.3 Å². The van der Waals surface area contributed by atoms with Crippen LogP contribution in [-0.4, -0.2) is 55.4 Å². The van der Waals surface area contributed by atoms with Gasteiger partial charge in [0.25, 0.3) is 10.0 Å². The summed E-state index contributed by atoms with van der Waals surface area (Å²) >= 11 is 6.13. The second kappa shape index (κ2) is 12.7. The Hall–Kier alpha value is -3.67. The highest BCUT2D eigenvalue weighted by Gasteiger charge is 2.37. The van der Waals surface area contributed by atoms with Crippen LogP contribution in [0.25, 0.3) is 12.2 Å². The average Bonchev–Trinajstić information content (AvgIpc) is 2.91. The number of nitrogens with zero attached hydrogens (tertiary/aromatic N) is 2. The molecule has 2 aromatic carbocycles. The lowest BCUT2D eigenvalue weighted by Crippen LogP contribution is -2.43. The molecule has 2 heterocycles. The van der Waals surface area contributed by atoms with E-state index in [1.165, 1.54) is 34.8 Å². The van der Waals surface area contributed by atoms with Crippen LogP contribution in [0.15, 0.2) is 53.6 Å². The van der Waals surface area contributed by atoms with Crippen molar-refractivity contribution in [3.63, 3.8) is 0 Å². The fraction of sp³-hybridized carbons (Fsp3) is 0.286. The minimum Gasteiger partial charge on any atom is -0.486 e. The van der Waals surface area contributed by atoms with Gasteiger partial charge in [0.05, 0.1) is 23.9 Å². The highest BCUT2D eigenvalue weighted by Crippen LogP contribution is 2.40. The average molecular weight is 591 g/mol. The van der Waals surface area contributed by atoms with Crippen LogP contribution in [0.5, 0.6) is 11.6 Å². The van der Waals surface area contributed by atoms with Gasteiger partial charge in [0.1, 0.15) is 29.2 Å². The highest BCUT2D eigenvalue weighted by molar-refractivity contribution is 7.93. The van der Waals surface area contributed by atoms with E-state index < -0.39 is 27.9 Å². The molecule has 1 aromatic heterocycles. The van der Waals surface area contributed by atoms with Crippen LogP contribution in [-0.2, 0) is 14.8 Å². The number of carboxylic acids is 1. The fourth-order valence-corrected chi connectivity index (χ4v) is 6.12. The number of pyridine rings is 1. The lowest BCUT2D eigenvalue weighted by molar-refractivity contribution is -0.137. The lowest BCUT2D eigenvalue weighted by atomic mass is 10.1. The molecule has 0 bridgehead atoms. The molecule has 0 radical (unpaired) electrons. The van der Waals surface area contributed by atoms with Gasteiger partial charge >= 0.3 is 5.97 Å². The van der Waals surface area contributed by atoms with Crippen molar-refractivity contribution in [1.29, 1.82) is 0 Å². The lowest BCUT2D eigenvalue weighted by Gasteiger charge is -2.36. The number of sulfonamides is 1. The number of aromatic nitrogens is 1. The first-order valence-corrected chi connectivity index (χ1v) is 14.3. The van der Waals surface area contributed by atoms with Gasteiger partial charge in [-0.3, -0.25) is 9.10 Å². The van der Waals surface area contributed by atoms with Gasteiger partial charge < -0.3 is 19.7 Å². The summed E-state index contributed by atoms with van der Waals surface area (Å²) in [6.07, 6.45) is 4.49. The second-order valence-corrected chi connectivity index (χ2v) is 11.4. The first kappa shape index (κ1) is 29.3. The number of aliphatic hydroxyl groups excluding tert-OH is 1. The van der Waals surface area contributed by atoms with E-state index in [1.807, 2.05) is 0 Å². The largest absolute Gasteiger partial charge is 0.486 e. The Kier molecular flexibility index (Phi) is 9.28. The van der Waals surface area contributed by atoms with Crippen molar-refractivity contribution in [2.24, 2.45) is 0 Å². The predicted molar refractivity (Wildman–Crippen MR) is 149 cm³/mol. The SMILES string of the molecule is Cc1cnc(OCCO)c(S(=O)(=O)N2C[C@H](CCCC(=O)O)Oc3ccc(/C=C/c4c(F)cccc4Cl)cc32)c1. The standard InChI is InChI=1S/C28H28ClFN2O7S/c1-18-14-26(28(31-16-18)38-13-12-33)40(36,37)32-17-20(4-2-7-27(34)35)39-25-11-9-19(15-24(25)32)8-10-21-22(29)5-3-6-23(21)30/h3,5-6,8-11,14-16,20,33H,2,4,7,12-13,17H2,1H3,(H,34,35)/b10-8+/t20-/m0/s1. The minimum atomic E-state index is -4.27. The van der Waals surface area contributed by atoms with Gasteiger partial charge in [-0.1, -0.05) is 29.8 Å². The van der Waals surface area contributed by atoms with E-state index in [1.54, 1.807) is 37.3 Å². The van der Waals surface area contributed by atoms with E-state index in [0.717, 1.165) is 0 Å². The van der Waals surface area contributed by atoms with E-state index in [9.17, 15) is 22.7 Å². The van der Waals surface area contributed by atoms with Gasteiger partial charge in [0.2, 0.25) is 5.88 Å². The number of ether oxygens (including phenoxy) is 2. The van der Waals surface area contributed by atoms with Crippen molar-refractivity contribution in [2.75, 3.05) is 24.1 Å². The number of halogens is 2. The number of aliphatic hydroxyl groups is 1. The molecule has 0 saturated carbocycles. The molecule has 12 heteroatoms. The maximum atomic E-state index is 14.3. The molecule has 1 aliphatic heterocycles. The molecule has 2 N–H and O–H groups in total. The maximum absolute atomic E-state index is 14.3. The zero-order valence-corrected chi connectivity index (χ0v) is 23.2. The summed E-state index contributed by atoms with van der Waals surface area (Å²) in [4.78, 5) is 15.0. The fourth-order valence-electron chi connectivity index (χ4n) is 4.23. The van der Waals surface area contributed by atoms with Crippen LogP contribution in [0.3, 0.4) is 0 Å². The number of rotatable bonds is 11. The van der Waals surface area contributed by atoms with Gasteiger partial charge in [0.15, 0.2) is 0 Å². The summed E-state index contributed by atoms with van der Waals surface area (Å²) in [6, 6.07) is 10.7. The molecule has 0 amide bonds. The van der Waals surface area contributed by atoms with Gasteiger partial charge in [0, 0.05) is 18.2 Å². The van der Waals surface area contributed by atoms with E-state index in [-0.39, 0.29) is 59.0 Å². The Bertz CT molecular complexity index is 1510. The van der Waals surface area contributed by atoms with E-state index in [0.29, 0.717) is 24.0 Å². The number of hydrogen-bond acceptors (Lipinski definition) is 7. The molecular weight excluding hydrogens is 563 g/mol. The maximum Gasteiger partial charge on any atom is 0.303 e. The molecule has 9 nitrogen and oxygen atoms in total. The first-order chi connectivity index (χ1) is 19.1. The molecule has 0 unspecified atom stereocenters. The summed E-state index contributed by atoms with van der Waals surface area (Å²) in [5.74, 6) is -1.32. The molecule has 0 fully saturated rings. The highest BCUT2D eigenvalue weighted by atomic mass is 35.5. The number of benzene rings is 2. The summed E-state index contributed by atoms with van der Waals surface area (Å²) in [5, 5.41) is 18.5. The van der Waals surface area contributed by atoms with Crippen molar-refractivity contribution in [3.05, 3.63) is 76.2 Å². The molecule has 0 saturated heterocycles. The van der Waals surface area contributed by atoms with Crippen LogP contribution >= 0.6 is 11.6 Å². The van der Waals surface area contributed by atoms with Crippen molar-refractivity contribution in [1.82, 2.24) is 4.98 Å². The normalized spacial score (nSPS) is 15.1. The molecule has 1 aliphatic rings. The Morgan fingerprint density at radius 1 is 1.27 bits per heavy atom. The van der Waals surface area contributed by atoms with Crippen LogP contribution < -0.4 is 13.8 Å². The summed E-state index contributed by atoms with van der Waals surface area (Å²) in [5.41, 5.74) is 1.58. The molecule has 1 atom stereocenters. The molecule has 0 spiro atoms. The first-order valence-electron chi connectivity index (χ1n) is 12.5. The molecule has 4 rings (SSSR count). The van der Waals surface area contributed by atoms with Gasteiger partial charge in [-0.25, -0.2) is 17.8 Å². The van der Waals surface area contributed by atoms with Crippen molar-refractivity contribution >= 4 is 45.4 Å². The molecule has 3 aromatic rings. The number of aryl methyl sites for hydroxylation is 1. The van der Waals surface area contributed by atoms with Gasteiger partial charge in [-0.05, 0) is 67.3 Å². The Balaban J connectivity index is 1.76. The monoisotopic (exact) mass is 590 g/mol. The van der Waals surface area contributed by atoms with E-state index in [4.69, 9.17) is 26.2 Å². The Morgan fingerprint density at radius 2 is 2.08 bits per heavy atom. The quantitative estimate of drug-likeness (QED) is 0.301. The zero-order chi connectivity index (χ0) is 28.9. The van der Waals surface area contributed by atoms with E-state index >= 15 is 0 Å². The second-order valence-electron chi connectivity index (χ2n) is 9.15. The van der Waals surface area contributed by atoms with Gasteiger partial charge in [-0.15, -0.1) is 0 Å². The Labute approximate surface area is 236 Å². The molecule has 40 heavy (non-hydrogen) atoms. The van der Waals surface area contributed by atoms with Gasteiger partial charge in [-0.2, -0.15) is 0 Å². The van der Waals surface area contributed by atoms with Crippen LogP contribution in [0.4, 0.5) is 10.1 Å². The smallest absolute Gasteiger partial charge is 0.303 e.